The molecule has 4 bridgehead atoms. The van der Waals surface area contributed by atoms with Crippen molar-refractivity contribution in [1.29, 1.82) is 0 Å². The van der Waals surface area contributed by atoms with Crippen molar-refractivity contribution in [3.8, 4) is 0 Å². The van der Waals surface area contributed by atoms with Crippen LogP contribution in [-0.2, 0) is 0 Å². The Morgan fingerprint density at radius 1 is 0.875 bits per heavy atom. The van der Waals surface area contributed by atoms with Gasteiger partial charge in [0.2, 0.25) is 0 Å². The molecule has 0 amide bonds. The normalized spacial score (nSPS) is 48.4. The molecule has 1 heteroatoms. The molecule has 2 N–H and O–H groups in total. The van der Waals surface area contributed by atoms with Crippen LogP contribution in [0.2, 0.25) is 0 Å². The second-order valence-electron chi connectivity index (χ2n) is 7.90. The summed E-state index contributed by atoms with van der Waals surface area (Å²) in [6.45, 7) is 6.97. The van der Waals surface area contributed by atoms with Gasteiger partial charge in [0.1, 0.15) is 0 Å². The molecular weight excluding hydrogens is 194 g/mol. The molecule has 0 heterocycles. The minimum absolute atomic E-state index is 0.292. The van der Waals surface area contributed by atoms with E-state index in [2.05, 4.69) is 20.8 Å². The van der Waals surface area contributed by atoms with Gasteiger partial charge in [0.15, 0.2) is 0 Å². The van der Waals surface area contributed by atoms with Crippen LogP contribution < -0.4 is 5.73 Å². The largest absolute Gasteiger partial charge is 0.327 e. The predicted molar refractivity (Wildman–Crippen MR) is 68.0 cm³/mol. The third-order valence-electron chi connectivity index (χ3n) is 5.71. The molecule has 0 aliphatic heterocycles. The van der Waals surface area contributed by atoms with Gasteiger partial charge in [-0.3, -0.25) is 0 Å². The van der Waals surface area contributed by atoms with E-state index in [1.54, 1.807) is 6.42 Å². The van der Waals surface area contributed by atoms with Gasteiger partial charge >= 0.3 is 0 Å². The Balaban J connectivity index is 1.81. The zero-order valence-electron chi connectivity index (χ0n) is 11.1. The standard InChI is InChI=1S/C15H27N/c1-15(2,3)14(16)13-11-5-9-4-10(7-11)8-12(13)6-9/h9-14H,4-8,16H2,1-3H3. The number of nitrogens with two attached hydrogens (primary N) is 1. The van der Waals surface area contributed by atoms with Crippen LogP contribution in [0.4, 0.5) is 0 Å². The number of rotatable bonds is 1. The summed E-state index contributed by atoms with van der Waals surface area (Å²) in [7, 11) is 0. The Morgan fingerprint density at radius 2 is 1.31 bits per heavy atom. The molecule has 4 aliphatic carbocycles. The minimum Gasteiger partial charge on any atom is -0.327 e. The third-order valence-corrected chi connectivity index (χ3v) is 5.71. The Labute approximate surface area is 100 Å². The molecule has 4 rings (SSSR count). The van der Waals surface area contributed by atoms with E-state index in [-0.39, 0.29) is 0 Å². The van der Waals surface area contributed by atoms with Crippen LogP contribution >= 0.6 is 0 Å². The lowest BCUT2D eigenvalue weighted by molar-refractivity contribution is -0.0610. The molecule has 16 heavy (non-hydrogen) atoms. The highest BCUT2D eigenvalue weighted by atomic mass is 14.7. The Kier molecular flexibility index (Phi) is 2.41. The molecule has 0 aromatic carbocycles. The van der Waals surface area contributed by atoms with Gasteiger partial charge in [-0.05, 0) is 67.1 Å². The van der Waals surface area contributed by atoms with Gasteiger partial charge in [-0.1, -0.05) is 20.8 Å². The molecule has 0 aromatic heterocycles. The summed E-state index contributed by atoms with van der Waals surface area (Å²) in [5.74, 6) is 4.94. The first-order chi connectivity index (χ1) is 7.45. The average Bonchev–Trinajstić information content (AvgIpc) is 2.13. The van der Waals surface area contributed by atoms with Gasteiger partial charge < -0.3 is 5.73 Å². The van der Waals surface area contributed by atoms with E-state index in [4.69, 9.17) is 5.73 Å². The van der Waals surface area contributed by atoms with Gasteiger partial charge in [-0.25, -0.2) is 0 Å². The second kappa shape index (κ2) is 3.48. The Morgan fingerprint density at radius 3 is 1.69 bits per heavy atom. The van der Waals surface area contributed by atoms with Gasteiger partial charge in [-0.2, -0.15) is 0 Å². The van der Waals surface area contributed by atoms with Crippen LogP contribution in [0, 0.1) is 35.0 Å². The van der Waals surface area contributed by atoms with E-state index in [9.17, 15) is 0 Å². The van der Waals surface area contributed by atoms with Gasteiger partial charge in [-0.15, -0.1) is 0 Å². The highest BCUT2D eigenvalue weighted by Gasteiger charge is 2.51. The fourth-order valence-electron chi connectivity index (χ4n) is 5.13. The minimum atomic E-state index is 0.292. The number of hydrogen-bond donors (Lipinski definition) is 1. The molecule has 92 valence electrons. The lowest BCUT2D eigenvalue weighted by Crippen LogP contribution is -2.55. The van der Waals surface area contributed by atoms with Crippen molar-refractivity contribution in [3.63, 3.8) is 0 Å². The molecule has 0 aromatic rings. The number of hydrogen-bond acceptors (Lipinski definition) is 1. The van der Waals surface area contributed by atoms with E-state index >= 15 is 0 Å². The lowest BCUT2D eigenvalue weighted by Gasteiger charge is -2.57. The van der Waals surface area contributed by atoms with Crippen molar-refractivity contribution in [2.45, 2.75) is 58.9 Å². The van der Waals surface area contributed by atoms with Crippen molar-refractivity contribution in [2.75, 3.05) is 0 Å². The Bertz CT molecular complexity index is 248. The highest BCUT2D eigenvalue weighted by Crippen LogP contribution is 2.58. The molecule has 4 aliphatic rings. The third kappa shape index (κ3) is 1.63. The zero-order chi connectivity index (χ0) is 11.5. The zero-order valence-corrected chi connectivity index (χ0v) is 11.1. The maximum atomic E-state index is 6.58. The summed E-state index contributed by atoms with van der Waals surface area (Å²) >= 11 is 0. The van der Waals surface area contributed by atoms with Crippen LogP contribution in [0.5, 0.6) is 0 Å². The molecule has 4 saturated carbocycles. The summed E-state index contributed by atoms with van der Waals surface area (Å²) in [6.07, 6.45) is 7.55. The van der Waals surface area contributed by atoms with E-state index in [0.717, 1.165) is 29.6 Å². The van der Waals surface area contributed by atoms with Crippen molar-refractivity contribution in [1.82, 2.24) is 0 Å². The molecule has 0 spiro atoms. The van der Waals surface area contributed by atoms with Crippen molar-refractivity contribution in [3.05, 3.63) is 0 Å². The SMILES string of the molecule is CC(C)(C)C(N)C1C2CC3CC(C2)CC1C3. The molecule has 1 nitrogen and oxygen atoms in total. The maximum absolute atomic E-state index is 6.58. The van der Waals surface area contributed by atoms with Crippen LogP contribution in [0.15, 0.2) is 0 Å². The topological polar surface area (TPSA) is 26.0 Å². The molecule has 0 saturated heterocycles. The lowest BCUT2D eigenvalue weighted by atomic mass is 9.49. The second-order valence-corrected chi connectivity index (χ2v) is 7.90. The summed E-state index contributed by atoms with van der Waals surface area (Å²) in [5, 5.41) is 0. The predicted octanol–water partition coefficient (Wildman–Crippen LogP) is 3.43. The van der Waals surface area contributed by atoms with Crippen molar-refractivity contribution >= 4 is 0 Å². The van der Waals surface area contributed by atoms with Crippen LogP contribution in [0.3, 0.4) is 0 Å². The molecule has 0 radical (unpaired) electrons. The van der Waals surface area contributed by atoms with Crippen molar-refractivity contribution in [2.24, 2.45) is 40.7 Å². The van der Waals surface area contributed by atoms with Crippen LogP contribution in [-0.4, -0.2) is 6.04 Å². The summed E-state index contributed by atoms with van der Waals surface area (Å²) < 4.78 is 0. The van der Waals surface area contributed by atoms with Gasteiger partial charge in [0.25, 0.3) is 0 Å². The maximum Gasteiger partial charge on any atom is 0.0121 e. The van der Waals surface area contributed by atoms with Crippen LogP contribution in [0.25, 0.3) is 0 Å². The Hall–Kier alpha value is -0.0400. The molecular formula is C15H27N. The van der Waals surface area contributed by atoms with Gasteiger partial charge in [0.05, 0.1) is 0 Å². The van der Waals surface area contributed by atoms with Gasteiger partial charge in [0, 0.05) is 6.04 Å². The molecule has 4 fully saturated rings. The molecule has 1 atom stereocenters. The summed E-state index contributed by atoms with van der Waals surface area (Å²) in [5.41, 5.74) is 6.87. The molecule has 1 unspecified atom stereocenters. The summed E-state index contributed by atoms with van der Waals surface area (Å²) in [4.78, 5) is 0. The fourth-order valence-corrected chi connectivity index (χ4v) is 5.13. The van der Waals surface area contributed by atoms with E-state index in [1.807, 2.05) is 0 Å². The van der Waals surface area contributed by atoms with Crippen LogP contribution in [0.1, 0.15) is 52.9 Å². The first-order valence-corrected chi connectivity index (χ1v) is 7.20. The highest BCUT2D eigenvalue weighted by molar-refractivity contribution is 5.03. The van der Waals surface area contributed by atoms with Crippen molar-refractivity contribution < 1.29 is 0 Å². The van der Waals surface area contributed by atoms with E-state index in [0.29, 0.717) is 11.5 Å². The first-order valence-electron chi connectivity index (χ1n) is 7.20. The fraction of sp³-hybridized carbons (Fsp3) is 1.00. The first kappa shape index (κ1) is 11.1. The van der Waals surface area contributed by atoms with E-state index < -0.39 is 0 Å². The smallest absolute Gasteiger partial charge is 0.0121 e. The monoisotopic (exact) mass is 221 g/mol. The quantitative estimate of drug-likeness (QED) is 0.721. The van der Waals surface area contributed by atoms with E-state index in [1.165, 1.54) is 25.7 Å². The summed E-state index contributed by atoms with van der Waals surface area (Å²) in [6, 6.07) is 0.419. The average molecular weight is 221 g/mol.